The molecule has 0 bridgehead atoms. The van der Waals surface area contributed by atoms with Gasteiger partial charge in [-0.25, -0.2) is 0 Å². The molecule has 1 aliphatic rings. The van der Waals surface area contributed by atoms with Crippen molar-refractivity contribution in [3.05, 3.63) is 29.3 Å². The Morgan fingerprint density at radius 3 is 2.67 bits per heavy atom. The molecule has 18 heavy (non-hydrogen) atoms. The fourth-order valence-electron chi connectivity index (χ4n) is 2.68. The molecule has 0 unspecified atom stereocenters. The van der Waals surface area contributed by atoms with Gasteiger partial charge in [-0.05, 0) is 48.9 Å². The summed E-state index contributed by atoms with van der Waals surface area (Å²) < 4.78 is 10.4. The van der Waals surface area contributed by atoms with Crippen molar-refractivity contribution >= 4 is 5.88 Å². The van der Waals surface area contributed by atoms with Crippen LogP contribution in [0.1, 0.15) is 24.0 Å². The van der Waals surface area contributed by atoms with E-state index < -0.39 is 0 Å². The summed E-state index contributed by atoms with van der Waals surface area (Å²) in [7, 11) is 1.72. The lowest BCUT2D eigenvalue weighted by Gasteiger charge is -2.21. The zero-order valence-electron chi connectivity index (χ0n) is 10.4. The fourth-order valence-corrected chi connectivity index (χ4v) is 2.68. The van der Waals surface area contributed by atoms with Gasteiger partial charge in [-0.1, -0.05) is 5.16 Å². The van der Waals surface area contributed by atoms with Gasteiger partial charge in [0.1, 0.15) is 11.4 Å². The smallest absolute Gasteiger partial charge is 0.222 e. The number of methoxy groups -OCH3 is 1. The van der Waals surface area contributed by atoms with E-state index in [0.29, 0.717) is 5.88 Å². The third-order valence-electron chi connectivity index (χ3n) is 3.52. The second-order valence-electron chi connectivity index (χ2n) is 4.59. The van der Waals surface area contributed by atoms with Crippen molar-refractivity contribution in [3.63, 3.8) is 0 Å². The normalized spacial score (nSPS) is 14.3. The highest BCUT2D eigenvalue weighted by molar-refractivity contribution is 5.69. The van der Waals surface area contributed by atoms with Gasteiger partial charge in [0.25, 0.3) is 0 Å². The Kier molecular flexibility index (Phi) is 2.70. The fraction of sp³-hybridized carbons (Fsp3) is 0.357. The summed E-state index contributed by atoms with van der Waals surface area (Å²) in [5, 5.41) is 4.01. The number of aromatic nitrogens is 1. The lowest BCUT2D eigenvalue weighted by Crippen LogP contribution is -2.06. The van der Waals surface area contributed by atoms with Crippen LogP contribution >= 0.6 is 0 Å². The third kappa shape index (κ3) is 1.74. The molecule has 1 aromatic heterocycles. The van der Waals surface area contributed by atoms with Crippen molar-refractivity contribution in [2.24, 2.45) is 0 Å². The first-order chi connectivity index (χ1) is 8.79. The summed E-state index contributed by atoms with van der Waals surface area (Å²) >= 11 is 0. The maximum Gasteiger partial charge on any atom is 0.222 e. The van der Waals surface area contributed by atoms with Crippen molar-refractivity contribution in [2.75, 3.05) is 12.8 Å². The molecule has 0 amide bonds. The topological polar surface area (TPSA) is 61.3 Å². The van der Waals surface area contributed by atoms with E-state index in [1.807, 2.05) is 12.1 Å². The summed E-state index contributed by atoms with van der Waals surface area (Å²) in [5.74, 6) is 1.33. The molecule has 4 heteroatoms. The first-order valence-electron chi connectivity index (χ1n) is 6.21. The van der Waals surface area contributed by atoms with Crippen molar-refractivity contribution in [3.8, 4) is 17.0 Å². The predicted octanol–water partition coefficient (Wildman–Crippen LogP) is 2.81. The molecule has 2 N–H and O–H groups in total. The molecule has 94 valence electrons. The van der Waals surface area contributed by atoms with Gasteiger partial charge in [-0.2, -0.15) is 0 Å². The molecule has 3 rings (SSSR count). The molecule has 1 aromatic carbocycles. The van der Waals surface area contributed by atoms with E-state index in [4.69, 9.17) is 15.0 Å². The largest absolute Gasteiger partial charge is 0.496 e. The van der Waals surface area contributed by atoms with Gasteiger partial charge in [-0.3, -0.25) is 0 Å². The Hall–Kier alpha value is -1.97. The number of rotatable bonds is 2. The lowest BCUT2D eigenvalue weighted by atomic mass is 9.86. The van der Waals surface area contributed by atoms with Gasteiger partial charge in [0.2, 0.25) is 5.88 Å². The van der Waals surface area contributed by atoms with Gasteiger partial charge in [-0.15, -0.1) is 0 Å². The van der Waals surface area contributed by atoms with Crippen LogP contribution in [-0.4, -0.2) is 12.3 Å². The number of nitrogens with zero attached hydrogens (tertiary/aromatic N) is 1. The molecule has 4 nitrogen and oxygen atoms in total. The Balaban J connectivity index is 2.16. The van der Waals surface area contributed by atoms with E-state index in [-0.39, 0.29) is 0 Å². The van der Waals surface area contributed by atoms with Crippen LogP contribution in [0.25, 0.3) is 11.3 Å². The second kappa shape index (κ2) is 4.37. The molecular formula is C14H16N2O2. The van der Waals surface area contributed by atoms with E-state index in [2.05, 4.69) is 5.16 Å². The zero-order valence-corrected chi connectivity index (χ0v) is 10.4. The molecule has 0 saturated heterocycles. The number of nitrogens with two attached hydrogens (primary N) is 1. The van der Waals surface area contributed by atoms with E-state index in [1.54, 1.807) is 13.2 Å². The molecule has 0 atom stereocenters. The number of ether oxygens (including phenoxy) is 1. The predicted molar refractivity (Wildman–Crippen MR) is 69.5 cm³/mol. The molecule has 0 saturated carbocycles. The van der Waals surface area contributed by atoms with E-state index in [1.165, 1.54) is 24.0 Å². The molecule has 0 radical (unpaired) electrons. The first kappa shape index (κ1) is 11.1. The van der Waals surface area contributed by atoms with Crippen LogP contribution in [0.15, 0.2) is 22.7 Å². The number of hydrogen-bond acceptors (Lipinski definition) is 4. The van der Waals surface area contributed by atoms with Crippen LogP contribution in [0.4, 0.5) is 5.88 Å². The van der Waals surface area contributed by atoms with Crippen molar-refractivity contribution in [1.29, 1.82) is 0 Å². The Labute approximate surface area is 106 Å². The number of nitrogen functional groups attached to an aromatic ring is 1. The van der Waals surface area contributed by atoms with Crippen LogP contribution in [0.2, 0.25) is 0 Å². The molecule has 0 fully saturated rings. The summed E-state index contributed by atoms with van der Waals surface area (Å²) in [6.07, 6.45) is 4.56. The van der Waals surface area contributed by atoms with Crippen LogP contribution in [0.5, 0.6) is 5.75 Å². The molecule has 0 aliphatic heterocycles. The first-order valence-corrected chi connectivity index (χ1v) is 6.21. The van der Waals surface area contributed by atoms with Crippen LogP contribution in [0.3, 0.4) is 0 Å². The van der Waals surface area contributed by atoms with Gasteiger partial charge >= 0.3 is 0 Å². The maximum absolute atomic E-state index is 5.59. The highest BCUT2D eigenvalue weighted by atomic mass is 16.5. The van der Waals surface area contributed by atoms with Crippen molar-refractivity contribution in [2.45, 2.75) is 25.7 Å². The van der Waals surface area contributed by atoms with Crippen LogP contribution < -0.4 is 10.5 Å². The number of fused-ring (bicyclic) bond motifs is 1. The Morgan fingerprint density at radius 2 is 2.00 bits per heavy atom. The van der Waals surface area contributed by atoms with Crippen LogP contribution in [0, 0.1) is 0 Å². The van der Waals surface area contributed by atoms with Gasteiger partial charge in [0.05, 0.1) is 7.11 Å². The number of benzene rings is 1. The summed E-state index contributed by atoms with van der Waals surface area (Å²) in [4.78, 5) is 0. The molecule has 1 heterocycles. The van der Waals surface area contributed by atoms with E-state index in [9.17, 15) is 0 Å². The minimum atomic E-state index is 0.352. The highest BCUT2D eigenvalue weighted by Gasteiger charge is 2.19. The number of anilines is 1. The van der Waals surface area contributed by atoms with Gasteiger partial charge in [0, 0.05) is 11.6 Å². The average molecular weight is 244 g/mol. The summed E-state index contributed by atoms with van der Waals surface area (Å²) in [6, 6.07) is 5.82. The summed E-state index contributed by atoms with van der Waals surface area (Å²) in [5.41, 5.74) is 10.2. The number of hydrogen-bond donors (Lipinski definition) is 1. The monoisotopic (exact) mass is 244 g/mol. The molecule has 1 aliphatic carbocycles. The minimum absolute atomic E-state index is 0.352. The van der Waals surface area contributed by atoms with E-state index >= 15 is 0 Å². The summed E-state index contributed by atoms with van der Waals surface area (Å²) in [6.45, 7) is 0. The minimum Gasteiger partial charge on any atom is -0.496 e. The second-order valence-corrected chi connectivity index (χ2v) is 4.59. The molecule has 2 aromatic rings. The van der Waals surface area contributed by atoms with Crippen molar-refractivity contribution in [1.82, 2.24) is 5.16 Å². The SMILES string of the molecule is COc1ccc(-c2cc(N)on2)c2c1CCCC2. The zero-order chi connectivity index (χ0) is 12.5. The highest BCUT2D eigenvalue weighted by Crippen LogP contribution is 2.36. The standard InChI is InChI=1S/C14H16N2O2/c1-17-13-7-6-10(12-8-14(15)18-16-12)9-4-2-3-5-11(9)13/h6-8H,2-5,15H2,1H3. The quantitative estimate of drug-likeness (QED) is 0.882. The van der Waals surface area contributed by atoms with Crippen molar-refractivity contribution < 1.29 is 9.26 Å². The van der Waals surface area contributed by atoms with Crippen LogP contribution in [-0.2, 0) is 12.8 Å². The molecule has 0 spiro atoms. The maximum atomic E-state index is 5.59. The average Bonchev–Trinajstić information content (AvgIpc) is 2.84. The third-order valence-corrected chi connectivity index (χ3v) is 3.52. The lowest BCUT2D eigenvalue weighted by molar-refractivity contribution is 0.406. The van der Waals surface area contributed by atoms with Gasteiger partial charge in [0.15, 0.2) is 0 Å². The Morgan fingerprint density at radius 1 is 1.22 bits per heavy atom. The molecular weight excluding hydrogens is 228 g/mol. The van der Waals surface area contributed by atoms with E-state index in [0.717, 1.165) is 29.8 Å². The Bertz CT molecular complexity index is 575. The van der Waals surface area contributed by atoms with Gasteiger partial charge < -0.3 is 15.0 Å².